The molecule has 9 heteroatoms. The Morgan fingerprint density at radius 2 is 1.79 bits per heavy atom. The minimum absolute atomic E-state index is 0.0288. The Hall–Kier alpha value is -1.19. The summed E-state index contributed by atoms with van der Waals surface area (Å²) >= 11 is 5.93. The van der Waals surface area contributed by atoms with Gasteiger partial charge in [0.25, 0.3) is 0 Å². The summed E-state index contributed by atoms with van der Waals surface area (Å²) in [5, 5.41) is 3.53. The molecular formula is C19H29ClN4O3S. The average molecular weight is 429 g/mol. The molecule has 2 heterocycles. The van der Waals surface area contributed by atoms with Crippen molar-refractivity contribution in [3.05, 3.63) is 29.3 Å². The lowest BCUT2D eigenvalue weighted by Gasteiger charge is -2.35. The van der Waals surface area contributed by atoms with Gasteiger partial charge in [-0.05, 0) is 37.6 Å². The third-order valence-corrected chi connectivity index (χ3v) is 7.66. The second-order valence-electron chi connectivity index (χ2n) is 7.41. The van der Waals surface area contributed by atoms with Crippen LogP contribution in [0.3, 0.4) is 0 Å². The molecule has 1 N–H and O–H groups in total. The van der Waals surface area contributed by atoms with Gasteiger partial charge >= 0.3 is 0 Å². The molecule has 2 saturated heterocycles. The smallest absolute Gasteiger partial charge is 0.243 e. The maximum absolute atomic E-state index is 12.7. The number of hydrogen-bond acceptors (Lipinski definition) is 5. The number of nitrogens with one attached hydrogen (secondary N) is 1. The normalized spacial score (nSPS) is 20.9. The molecule has 2 fully saturated rings. The van der Waals surface area contributed by atoms with E-state index in [4.69, 9.17) is 11.6 Å². The van der Waals surface area contributed by atoms with Crippen molar-refractivity contribution < 1.29 is 13.2 Å². The van der Waals surface area contributed by atoms with Crippen molar-refractivity contribution in [1.29, 1.82) is 0 Å². The Morgan fingerprint density at radius 1 is 1.11 bits per heavy atom. The zero-order chi connectivity index (χ0) is 20.1. The van der Waals surface area contributed by atoms with Crippen molar-refractivity contribution in [2.45, 2.75) is 30.7 Å². The predicted molar refractivity (Wildman–Crippen MR) is 110 cm³/mol. The molecule has 2 aliphatic rings. The van der Waals surface area contributed by atoms with Gasteiger partial charge in [0.05, 0.1) is 11.4 Å². The zero-order valence-corrected chi connectivity index (χ0v) is 17.9. The van der Waals surface area contributed by atoms with Gasteiger partial charge in [0.2, 0.25) is 15.9 Å². The number of rotatable bonds is 6. The Morgan fingerprint density at radius 3 is 2.39 bits per heavy atom. The lowest BCUT2D eigenvalue weighted by Crippen LogP contribution is -2.52. The van der Waals surface area contributed by atoms with Crippen LogP contribution in [0, 0.1) is 0 Å². The second-order valence-corrected chi connectivity index (χ2v) is 9.79. The van der Waals surface area contributed by atoms with Gasteiger partial charge in [-0.15, -0.1) is 0 Å². The quantitative estimate of drug-likeness (QED) is 0.738. The first-order valence-corrected chi connectivity index (χ1v) is 11.7. The zero-order valence-electron chi connectivity index (χ0n) is 16.3. The van der Waals surface area contributed by atoms with Crippen molar-refractivity contribution in [2.24, 2.45) is 0 Å². The van der Waals surface area contributed by atoms with Crippen molar-refractivity contribution in [2.75, 3.05) is 52.4 Å². The van der Waals surface area contributed by atoms with E-state index in [1.54, 1.807) is 18.2 Å². The molecule has 2 aliphatic heterocycles. The first kappa shape index (κ1) is 21.5. The van der Waals surface area contributed by atoms with Crippen LogP contribution in [0.4, 0.5) is 0 Å². The molecule has 1 aromatic rings. The number of halogens is 1. The Bertz CT molecular complexity index is 773. The topological polar surface area (TPSA) is 73.0 Å². The maximum Gasteiger partial charge on any atom is 0.243 e. The number of likely N-dealkylation sites (tertiary alicyclic amines) is 1. The van der Waals surface area contributed by atoms with Gasteiger partial charge in [0.1, 0.15) is 0 Å². The van der Waals surface area contributed by atoms with E-state index in [1.165, 1.54) is 10.4 Å². The highest BCUT2D eigenvalue weighted by molar-refractivity contribution is 7.89. The number of nitrogens with zero attached hydrogens (tertiary/aromatic N) is 3. The van der Waals surface area contributed by atoms with Crippen LogP contribution in [0.1, 0.15) is 19.8 Å². The van der Waals surface area contributed by atoms with Crippen molar-refractivity contribution >= 4 is 27.5 Å². The van der Waals surface area contributed by atoms with Crippen LogP contribution < -0.4 is 5.32 Å². The number of amides is 1. The molecule has 0 aromatic heterocycles. The highest BCUT2D eigenvalue weighted by Crippen LogP contribution is 2.20. The van der Waals surface area contributed by atoms with Gasteiger partial charge in [-0.25, -0.2) is 8.42 Å². The largest absolute Gasteiger partial charge is 0.352 e. The molecule has 0 unspecified atom stereocenters. The fourth-order valence-electron chi connectivity index (χ4n) is 3.77. The lowest BCUT2D eigenvalue weighted by atomic mass is 10.1. The van der Waals surface area contributed by atoms with Gasteiger partial charge in [-0.1, -0.05) is 24.6 Å². The highest BCUT2D eigenvalue weighted by atomic mass is 35.5. The molecule has 1 amide bonds. The first-order chi connectivity index (χ1) is 13.4. The fraction of sp³-hybridized carbons (Fsp3) is 0.632. The average Bonchev–Trinajstić information content (AvgIpc) is 2.69. The Labute approximate surface area is 172 Å². The van der Waals surface area contributed by atoms with E-state index >= 15 is 0 Å². The third-order valence-electron chi connectivity index (χ3n) is 5.53. The number of piperazine rings is 1. The van der Waals surface area contributed by atoms with E-state index in [0.29, 0.717) is 37.7 Å². The molecule has 0 radical (unpaired) electrons. The van der Waals surface area contributed by atoms with E-state index in [9.17, 15) is 13.2 Å². The second kappa shape index (κ2) is 9.54. The SMILES string of the molecule is CCN1CCC(NC(=O)CN2CCN(S(=O)(=O)c3cccc(Cl)c3)CC2)CC1. The van der Waals surface area contributed by atoms with Crippen molar-refractivity contribution in [3.8, 4) is 0 Å². The molecule has 28 heavy (non-hydrogen) atoms. The lowest BCUT2D eigenvalue weighted by molar-refractivity contribution is -0.123. The molecule has 0 saturated carbocycles. The first-order valence-electron chi connectivity index (χ1n) is 9.88. The molecule has 1 aromatic carbocycles. The Balaban J connectivity index is 1.46. The highest BCUT2D eigenvalue weighted by Gasteiger charge is 2.29. The van der Waals surface area contributed by atoms with Gasteiger partial charge in [-0.3, -0.25) is 9.69 Å². The van der Waals surface area contributed by atoms with E-state index in [-0.39, 0.29) is 16.8 Å². The summed E-state index contributed by atoms with van der Waals surface area (Å²) in [6, 6.07) is 6.58. The van der Waals surface area contributed by atoms with Crippen LogP contribution in [0.25, 0.3) is 0 Å². The molecule has 7 nitrogen and oxygen atoms in total. The van der Waals surface area contributed by atoms with Gasteiger partial charge < -0.3 is 10.2 Å². The number of sulfonamides is 1. The summed E-state index contributed by atoms with van der Waals surface area (Å²) < 4.78 is 27.0. The predicted octanol–water partition coefficient (Wildman–Crippen LogP) is 1.25. The van der Waals surface area contributed by atoms with Gasteiger partial charge in [0.15, 0.2) is 0 Å². The summed E-state index contributed by atoms with van der Waals surface area (Å²) in [7, 11) is -3.55. The van der Waals surface area contributed by atoms with Gasteiger partial charge in [0, 0.05) is 50.3 Å². The molecular weight excluding hydrogens is 400 g/mol. The number of carbonyl (C=O) groups excluding carboxylic acids is 1. The van der Waals surface area contributed by atoms with Crippen LogP contribution in [-0.2, 0) is 14.8 Å². The van der Waals surface area contributed by atoms with E-state index in [1.807, 2.05) is 4.90 Å². The summed E-state index contributed by atoms with van der Waals surface area (Å²) in [5.41, 5.74) is 0. The standard InChI is InChI=1S/C19H29ClN4O3S/c1-2-22-8-6-17(7-9-22)21-19(25)15-23-10-12-24(13-11-23)28(26,27)18-5-3-4-16(20)14-18/h3-5,14,17H,2,6-13,15H2,1H3,(H,21,25). The van der Waals surface area contributed by atoms with E-state index in [0.717, 1.165) is 32.5 Å². The monoisotopic (exact) mass is 428 g/mol. The van der Waals surface area contributed by atoms with Crippen LogP contribution in [0.2, 0.25) is 5.02 Å². The summed E-state index contributed by atoms with van der Waals surface area (Å²) in [6.07, 6.45) is 1.98. The maximum atomic E-state index is 12.7. The molecule has 0 aliphatic carbocycles. The summed E-state index contributed by atoms with van der Waals surface area (Å²) in [6.45, 7) is 7.42. The Kier molecular flexibility index (Phi) is 7.33. The molecule has 156 valence electrons. The summed E-state index contributed by atoms with van der Waals surface area (Å²) in [4.78, 5) is 17.0. The number of carbonyl (C=O) groups is 1. The van der Waals surface area contributed by atoms with Crippen LogP contribution in [-0.4, -0.2) is 86.8 Å². The van der Waals surface area contributed by atoms with Crippen LogP contribution in [0.5, 0.6) is 0 Å². The number of hydrogen-bond donors (Lipinski definition) is 1. The number of piperidine rings is 1. The van der Waals surface area contributed by atoms with Crippen molar-refractivity contribution in [1.82, 2.24) is 19.4 Å². The molecule has 0 bridgehead atoms. The van der Waals surface area contributed by atoms with Crippen molar-refractivity contribution in [3.63, 3.8) is 0 Å². The molecule has 3 rings (SSSR count). The fourth-order valence-corrected chi connectivity index (χ4v) is 5.50. The molecule has 0 spiro atoms. The minimum Gasteiger partial charge on any atom is -0.352 e. The van der Waals surface area contributed by atoms with E-state index in [2.05, 4.69) is 17.1 Å². The van der Waals surface area contributed by atoms with Gasteiger partial charge in [-0.2, -0.15) is 4.31 Å². The summed E-state index contributed by atoms with van der Waals surface area (Å²) in [5.74, 6) is 0.0288. The minimum atomic E-state index is -3.55. The van der Waals surface area contributed by atoms with Crippen LogP contribution >= 0.6 is 11.6 Å². The van der Waals surface area contributed by atoms with E-state index < -0.39 is 10.0 Å². The number of benzene rings is 1. The molecule has 0 atom stereocenters. The van der Waals surface area contributed by atoms with Crippen LogP contribution in [0.15, 0.2) is 29.2 Å². The third kappa shape index (κ3) is 5.45.